The lowest BCUT2D eigenvalue weighted by molar-refractivity contribution is -0.172. The van der Waals surface area contributed by atoms with Gasteiger partial charge < -0.3 is 18.9 Å². The molecule has 0 radical (unpaired) electrons. The predicted octanol–water partition coefficient (Wildman–Crippen LogP) is 3.48. The van der Waals surface area contributed by atoms with Gasteiger partial charge in [0, 0.05) is 6.42 Å². The zero-order chi connectivity index (χ0) is 14.4. The van der Waals surface area contributed by atoms with Crippen molar-refractivity contribution in [2.45, 2.75) is 39.4 Å². The first-order valence-electron chi connectivity index (χ1n) is 7.43. The minimum Gasteiger partial charge on any atom is -0.494 e. The third-order valence-electron chi connectivity index (χ3n) is 3.31. The summed E-state index contributed by atoms with van der Waals surface area (Å²) in [6.45, 7) is 8.55. The van der Waals surface area contributed by atoms with E-state index >= 15 is 0 Å². The van der Waals surface area contributed by atoms with Gasteiger partial charge in [-0.25, -0.2) is 0 Å². The smallest absolute Gasteiger partial charge is 0.198 e. The molecule has 0 spiro atoms. The van der Waals surface area contributed by atoms with E-state index in [4.69, 9.17) is 18.9 Å². The highest BCUT2D eigenvalue weighted by molar-refractivity contribution is 5.43. The van der Waals surface area contributed by atoms with Gasteiger partial charge in [-0.3, -0.25) is 0 Å². The number of rotatable bonds is 7. The van der Waals surface area contributed by atoms with Gasteiger partial charge in [-0.15, -0.1) is 0 Å². The van der Waals surface area contributed by atoms with Gasteiger partial charge in [0.1, 0.15) is 11.5 Å². The van der Waals surface area contributed by atoms with Crippen LogP contribution in [0, 0.1) is 0 Å². The Hall–Kier alpha value is -1.26. The Balaban J connectivity index is 2.41. The van der Waals surface area contributed by atoms with E-state index in [1.165, 1.54) is 0 Å². The number of ether oxygens (including phenoxy) is 4. The highest BCUT2D eigenvalue weighted by atomic mass is 16.7. The standard InChI is InChI=1S/C16H24O4/c1-4-9-16(19-10-11-20-16)14-12-13(17-5-2)7-8-15(14)18-6-3/h7-8,12H,4-6,9-11H2,1-3H3. The maximum atomic E-state index is 5.93. The molecule has 112 valence electrons. The molecule has 0 aliphatic carbocycles. The van der Waals surface area contributed by atoms with E-state index in [0.717, 1.165) is 29.9 Å². The molecule has 1 aliphatic rings. The summed E-state index contributed by atoms with van der Waals surface area (Å²) < 4.78 is 23.2. The summed E-state index contributed by atoms with van der Waals surface area (Å²) in [5.74, 6) is 0.943. The van der Waals surface area contributed by atoms with E-state index in [-0.39, 0.29) is 0 Å². The number of benzene rings is 1. The lowest BCUT2D eigenvalue weighted by atomic mass is 9.99. The maximum Gasteiger partial charge on any atom is 0.198 e. The van der Waals surface area contributed by atoms with Crippen LogP contribution in [0.4, 0.5) is 0 Å². The van der Waals surface area contributed by atoms with E-state index in [1.807, 2.05) is 32.0 Å². The summed E-state index contributed by atoms with van der Waals surface area (Å²) in [7, 11) is 0. The summed E-state index contributed by atoms with van der Waals surface area (Å²) in [6, 6.07) is 5.84. The van der Waals surface area contributed by atoms with E-state index in [2.05, 4.69) is 6.92 Å². The molecule has 4 nitrogen and oxygen atoms in total. The fourth-order valence-corrected chi connectivity index (χ4v) is 2.56. The molecule has 0 N–H and O–H groups in total. The molecule has 1 saturated heterocycles. The van der Waals surface area contributed by atoms with Crippen LogP contribution in [0.2, 0.25) is 0 Å². The molecular weight excluding hydrogens is 256 g/mol. The minimum absolute atomic E-state index is 0.614. The van der Waals surface area contributed by atoms with Crippen molar-refractivity contribution in [3.8, 4) is 11.5 Å². The molecule has 0 atom stereocenters. The number of hydrogen-bond donors (Lipinski definition) is 0. The van der Waals surface area contributed by atoms with E-state index in [0.29, 0.717) is 26.4 Å². The van der Waals surface area contributed by atoms with Gasteiger partial charge in [-0.2, -0.15) is 0 Å². The van der Waals surface area contributed by atoms with E-state index in [1.54, 1.807) is 0 Å². The topological polar surface area (TPSA) is 36.9 Å². The normalized spacial score (nSPS) is 17.1. The molecule has 0 amide bonds. The second kappa shape index (κ2) is 6.95. The Morgan fingerprint density at radius 3 is 2.35 bits per heavy atom. The average Bonchev–Trinajstić information content (AvgIpc) is 2.91. The SMILES string of the molecule is CCCC1(c2cc(OCC)ccc2OCC)OCCO1. The highest BCUT2D eigenvalue weighted by Crippen LogP contribution is 2.42. The molecule has 1 fully saturated rings. The van der Waals surface area contributed by atoms with Gasteiger partial charge in [0.2, 0.25) is 0 Å². The van der Waals surface area contributed by atoms with Crippen LogP contribution in [-0.2, 0) is 15.3 Å². The fourth-order valence-electron chi connectivity index (χ4n) is 2.56. The first kappa shape index (κ1) is 15.1. The van der Waals surface area contributed by atoms with Crippen LogP contribution < -0.4 is 9.47 Å². The van der Waals surface area contributed by atoms with Crippen molar-refractivity contribution >= 4 is 0 Å². The van der Waals surface area contributed by atoms with Gasteiger partial charge in [0.15, 0.2) is 5.79 Å². The van der Waals surface area contributed by atoms with Crippen LogP contribution >= 0.6 is 0 Å². The lowest BCUT2D eigenvalue weighted by Gasteiger charge is -2.29. The molecule has 1 aliphatic heterocycles. The monoisotopic (exact) mass is 280 g/mol. The molecule has 20 heavy (non-hydrogen) atoms. The Morgan fingerprint density at radius 1 is 1.05 bits per heavy atom. The van der Waals surface area contributed by atoms with Crippen LogP contribution in [-0.4, -0.2) is 26.4 Å². The van der Waals surface area contributed by atoms with Crippen molar-refractivity contribution in [2.24, 2.45) is 0 Å². The molecule has 1 aromatic rings. The Morgan fingerprint density at radius 2 is 1.75 bits per heavy atom. The van der Waals surface area contributed by atoms with E-state index < -0.39 is 5.79 Å². The Bertz CT molecular complexity index is 424. The summed E-state index contributed by atoms with van der Waals surface area (Å²) in [5, 5.41) is 0. The Kier molecular flexibility index (Phi) is 5.26. The summed E-state index contributed by atoms with van der Waals surface area (Å²) in [5.41, 5.74) is 0.935. The molecule has 1 aromatic carbocycles. The van der Waals surface area contributed by atoms with Crippen LogP contribution in [0.15, 0.2) is 18.2 Å². The van der Waals surface area contributed by atoms with Gasteiger partial charge in [0.25, 0.3) is 0 Å². The van der Waals surface area contributed by atoms with Crippen LogP contribution in [0.3, 0.4) is 0 Å². The van der Waals surface area contributed by atoms with Crippen molar-refractivity contribution in [2.75, 3.05) is 26.4 Å². The maximum absolute atomic E-state index is 5.93. The van der Waals surface area contributed by atoms with Crippen LogP contribution in [0.1, 0.15) is 39.2 Å². The minimum atomic E-state index is -0.688. The summed E-state index contributed by atoms with van der Waals surface area (Å²) in [6.07, 6.45) is 1.78. The number of hydrogen-bond acceptors (Lipinski definition) is 4. The van der Waals surface area contributed by atoms with Crippen LogP contribution in [0.25, 0.3) is 0 Å². The van der Waals surface area contributed by atoms with Crippen molar-refractivity contribution in [3.05, 3.63) is 23.8 Å². The third kappa shape index (κ3) is 3.07. The molecule has 2 rings (SSSR count). The van der Waals surface area contributed by atoms with Crippen molar-refractivity contribution in [3.63, 3.8) is 0 Å². The molecule has 0 aromatic heterocycles. The quantitative estimate of drug-likeness (QED) is 0.766. The summed E-state index contributed by atoms with van der Waals surface area (Å²) in [4.78, 5) is 0. The zero-order valence-corrected chi connectivity index (χ0v) is 12.6. The van der Waals surface area contributed by atoms with E-state index in [9.17, 15) is 0 Å². The second-order valence-corrected chi connectivity index (χ2v) is 4.72. The van der Waals surface area contributed by atoms with Crippen LogP contribution in [0.5, 0.6) is 11.5 Å². The molecule has 0 bridgehead atoms. The summed E-state index contributed by atoms with van der Waals surface area (Å²) >= 11 is 0. The molecule has 1 heterocycles. The lowest BCUT2D eigenvalue weighted by Crippen LogP contribution is -2.27. The van der Waals surface area contributed by atoms with Crippen molar-refractivity contribution in [1.29, 1.82) is 0 Å². The van der Waals surface area contributed by atoms with Gasteiger partial charge in [-0.1, -0.05) is 13.3 Å². The van der Waals surface area contributed by atoms with Gasteiger partial charge in [-0.05, 0) is 32.0 Å². The second-order valence-electron chi connectivity index (χ2n) is 4.72. The highest BCUT2D eigenvalue weighted by Gasteiger charge is 2.40. The Labute approximate surface area is 121 Å². The third-order valence-corrected chi connectivity index (χ3v) is 3.31. The van der Waals surface area contributed by atoms with Gasteiger partial charge in [0.05, 0.1) is 32.0 Å². The average molecular weight is 280 g/mol. The molecule has 0 saturated carbocycles. The zero-order valence-electron chi connectivity index (χ0n) is 12.6. The molecular formula is C16H24O4. The van der Waals surface area contributed by atoms with Gasteiger partial charge >= 0.3 is 0 Å². The fraction of sp³-hybridized carbons (Fsp3) is 0.625. The van der Waals surface area contributed by atoms with Crippen molar-refractivity contribution < 1.29 is 18.9 Å². The van der Waals surface area contributed by atoms with Crippen molar-refractivity contribution in [1.82, 2.24) is 0 Å². The molecule has 4 heteroatoms. The largest absolute Gasteiger partial charge is 0.494 e. The molecule has 0 unspecified atom stereocenters. The first-order chi connectivity index (χ1) is 9.75. The first-order valence-corrected chi connectivity index (χ1v) is 7.43. The predicted molar refractivity (Wildman–Crippen MR) is 77.3 cm³/mol.